The van der Waals surface area contributed by atoms with Gasteiger partial charge < -0.3 is 10.5 Å². The number of ether oxygens (including phenoxy) is 1. The second-order valence-corrected chi connectivity index (χ2v) is 5.82. The predicted molar refractivity (Wildman–Crippen MR) is 78.8 cm³/mol. The monoisotopic (exact) mass is 302 g/mol. The zero-order valence-electron chi connectivity index (χ0n) is 11.9. The molecule has 1 rings (SSSR count). The van der Waals surface area contributed by atoms with Crippen LogP contribution in [0.5, 0.6) is 0 Å². The number of anilines is 1. The average Bonchev–Trinajstić information content (AvgIpc) is 2.26. The molecule has 0 aromatic heterocycles. The van der Waals surface area contributed by atoms with E-state index in [0.717, 1.165) is 0 Å². The van der Waals surface area contributed by atoms with Crippen LogP contribution in [0.25, 0.3) is 0 Å². The highest BCUT2D eigenvalue weighted by Gasteiger charge is 2.17. The molecule has 0 aliphatic carbocycles. The fourth-order valence-corrected chi connectivity index (χ4v) is 1.88. The van der Waals surface area contributed by atoms with Crippen molar-refractivity contribution in [1.82, 2.24) is 0 Å². The Kier molecular flexibility index (Phi) is 5.77. The Morgan fingerprint density at radius 2 is 2.15 bits per heavy atom. The van der Waals surface area contributed by atoms with Crippen molar-refractivity contribution < 1.29 is 13.9 Å². The van der Waals surface area contributed by atoms with Crippen molar-refractivity contribution in [2.45, 2.75) is 39.0 Å². The summed E-state index contributed by atoms with van der Waals surface area (Å²) in [6.07, 6.45) is -1.58. The summed E-state index contributed by atoms with van der Waals surface area (Å²) in [7, 11) is 0. The lowest BCUT2D eigenvalue weighted by Gasteiger charge is -2.20. The third-order valence-corrected chi connectivity index (χ3v) is 2.73. The number of amides is 1. The zero-order chi connectivity index (χ0) is 15.3. The molecule has 0 fully saturated rings. The Bertz CT molecular complexity index is 475. The number of rotatable bonds is 4. The van der Waals surface area contributed by atoms with E-state index >= 15 is 0 Å². The lowest BCUT2D eigenvalue weighted by atomic mass is 10.1. The molecule has 1 aromatic rings. The summed E-state index contributed by atoms with van der Waals surface area (Å²) in [6.45, 7) is 5.55. The Balaban J connectivity index is 2.75. The molecular formula is C14H20ClFN2O2. The third-order valence-electron chi connectivity index (χ3n) is 2.40. The minimum absolute atomic E-state index is 0.207. The number of halogens is 2. The number of carbonyl (C=O) groups excluding carboxylic acids is 1. The van der Waals surface area contributed by atoms with Crippen molar-refractivity contribution in [2.24, 2.45) is 5.73 Å². The van der Waals surface area contributed by atoms with Crippen molar-refractivity contribution >= 4 is 23.4 Å². The van der Waals surface area contributed by atoms with Crippen molar-refractivity contribution in [3.8, 4) is 0 Å². The molecule has 1 atom stereocenters. The molecule has 3 N–H and O–H groups in total. The molecule has 0 bridgehead atoms. The van der Waals surface area contributed by atoms with Crippen molar-refractivity contribution in [3.63, 3.8) is 0 Å². The third kappa shape index (κ3) is 5.35. The summed E-state index contributed by atoms with van der Waals surface area (Å²) in [6, 6.07) is 4.60. The van der Waals surface area contributed by atoms with Crippen LogP contribution < -0.4 is 11.1 Å². The Morgan fingerprint density at radius 3 is 2.65 bits per heavy atom. The zero-order valence-corrected chi connectivity index (χ0v) is 12.6. The van der Waals surface area contributed by atoms with Gasteiger partial charge in [0.2, 0.25) is 0 Å². The second kappa shape index (κ2) is 6.90. The predicted octanol–water partition coefficient (Wildman–Crippen LogP) is 4.05. The van der Waals surface area contributed by atoms with Gasteiger partial charge in [0.05, 0.1) is 0 Å². The summed E-state index contributed by atoms with van der Waals surface area (Å²) in [5, 5.41) is 2.79. The molecule has 20 heavy (non-hydrogen) atoms. The molecule has 6 heteroatoms. The van der Waals surface area contributed by atoms with Gasteiger partial charge in [0.15, 0.2) is 0 Å². The highest BCUT2D eigenvalue weighted by Crippen LogP contribution is 2.30. The Morgan fingerprint density at radius 1 is 1.50 bits per heavy atom. The average molecular weight is 303 g/mol. The highest BCUT2D eigenvalue weighted by molar-refractivity contribution is 6.31. The summed E-state index contributed by atoms with van der Waals surface area (Å²) in [5.74, 6) is 0. The van der Waals surface area contributed by atoms with Gasteiger partial charge in [-0.15, -0.1) is 0 Å². The summed E-state index contributed by atoms with van der Waals surface area (Å²) >= 11 is 6.00. The molecule has 0 saturated heterocycles. The molecule has 0 saturated carbocycles. The maximum Gasteiger partial charge on any atom is 0.412 e. The van der Waals surface area contributed by atoms with Gasteiger partial charge in [-0.25, -0.2) is 9.18 Å². The quantitative estimate of drug-likeness (QED) is 0.882. The minimum atomic E-state index is -1.21. The summed E-state index contributed by atoms with van der Waals surface area (Å²) in [4.78, 5) is 11.6. The molecule has 0 spiro atoms. The largest absolute Gasteiger partial charge is 0.444 e. The first-order chi connectivity index (χ1) is 9.23. The standard InChI is InChI=1S/C14H20ClFN2O2/c1-14(2,3)20-13(19)18-9-4-5-10(11(15)8-9)12(16)6-7-17/h4-5,8,12H,6-7,17H2,1-3H3,(H,18,19). The van der Waals surface area contributed by atoms with Gasteiger partial charge in [0.25, 0.3) is 0 Å². The van der Waals surface area contributed by atoms with Gasteiger partial charge >= 0.3 is 6.09 Å². The lowest BCUT2D eigenvalue weighted by molar-refractivity contribution is 0.0636. The maximum atomic E-state index is 13.7. The molecule has 112 valence electrons. The number of benzene rings is 1. The fourth-order valence-electron chi connectivity index (χ4n) is 1.58. The smallest absolute Gasteiger partial charge is 0.412 e. The van der Waals surface area contributed by atoms with Crippen LogP contribution in [-0.4, -0.2) is 18.2 Å². The van der Waals surface area contributed by atoms with Gasteiger partial charge in [0, 0.05) is 16.3 Å². The molecule has 1 aromatic carbocycles. The van der Waals surface area contributed by atoms with Crippen LogP contribution in [0.3, 0.4) is 0 Å². The lowest BCUT2D eigenvalue weighted by Crippen LogP contribution is -2.27. The van der Waals surface area contributed by atoms with Crippen LogP contribution in [0.2, 0.25) is 5.02 Å². The molecule has 0 radical (unpaired) electrons. The molecular weight excluding hydrogens is 283 g/mol. The molecule has 0 aliphatic heterocycles. The summed E-state index contributed by atoms with van der Waals surface area (Å²) in [5.41, 5.74) is 5.55. The molecule has 0 aliphatic rings. The van der Waals surface area contributed by atoms with Crippen LogP contribution >= 0.6 is 11.6 Å². The number of carbonyl (C=O) groups is 1. The van der Waals surface area contributed by atoms with Crippen LogP contribution in [-0.2, 0) is 4.74 Å². The number of hydrogen-bond acceptors (Lipinski definition) is 3. The van der Waals surface area contributed by atoms with Crippen molar-refractivity contribution in [3.05, 3.63) is 28.8 Å². The topological polar surface area (TPSA) is 64.3 Å². The van der Waals surface area contributed by atoms with E-state index in [1.54, 1.807) is 26.8 Å². The molecule has 4 nitrogen and oxygen atoms in total. The van der Waals surface area contributed by atoms with E-state index in [9.17, 15) is 9.18 Å². The van der Waals surface area contributed by atoms with E-state index in [2.05, 4.69) is 5.32 Å². The van der Waals surface area contributed by atoms with Crippen molar-refractivity contribution in [1.29, 1.82) is 0 Å². The highest BCUT2D eigenvalue weighted by atomic mass is 35.5. The van der Waals surface area contributed by atoms with E-state index in [-0.39, 0.29) is 18.0 Å². The van der Waals surface area contributed by atoms with Gasteiger partial charge in [-0.2, -0.15) is 0 Å². The van der Waals surface area contributed by atoms with Crippen LogP contribution in [0, 0.1) is 0 Å². The van der Waals surface area contributed by atoms with Gasteiger partial charge in [-0.3, -0.25) is 5.32 Å². The number of alkyl halides is 1. The molecule has 1 unspecified atom stereocenters. The van der Waals surface area contributed by atoms with Crippen LogP contribution in [0.4, 0.5) is 14.9 Å². The number of nitrogens with one attached hydrogen (secondary N) is 1. The van der Waals surface area contributed by atoms with E-state index in [1.807, 2.05) is 0 Å². The molecule has 0 heterocycles. The van der Waals surface area contributed by atoms with E-state index in [0.29, 0.717) is 11.3 Å². The van der Waals surface area contributed by atoms with E-state index in [4.69, 9.17) is 22.1 Å². The fraction of sp³-hybridized carbons (Fsp3) is 0.500. The van der Waals surface area contributed by atoms with Gasteiger partial charge in [0.1, 0.15) is 11.8 Å². The number of nitrogens with two attached hydrogens (primary N) is 1. The summed E-state index contributed by atoms with van der Waals surface area (Å²) < 4.78 is 18.9. The maximum absolute atomic E-state index is 13.7. The number of hydrogen-bond donors (Lipinski definition) is 2. The Labute approximate surface area is 123 Å². The van der Waals surface area contributed by atoms with Crippen molar-refractivity contribution in [2.75, 3.05) is 11.9 Å². The Hall–Kier alpha value is -1.33. The van der Waals surface area contributed by atoms with E-state index in [1.165, 1.54) is 12.1 Å². The van der Waals surface area contributed by atoms with Crippen LogP contribution in [0.15, 0.2) is 18.2 Å². The first-order valence-corrected chi connectivity index (χ1v) is 6.74. The normalized spacial score (nSPS) is 12.9. The van der Waals surface area contributed by atoms with Crippen LogP contribution in [0.1, 0.15) is 38.9 Å². The SMILES string of the molecule is CC(C)(C)OC(=O)Nc1ccc(C(F)CCN)c(Cl)c1. The first kappa shape index (κ1) is 16.7. The minimum Gasteiger partial charge on any atom is -0.444 e. The van der Waals surface area contributed by atoms with E-state index < -0.39 is 17.9 Å². The van der Waals surface area contributed by atoms with Gasteiger partial charge in [-0.05, 0) is 45.9 Å². The second-order valence-electron chi connectivity index (χ2n) is 5.41. The molecule has 1 amide bonds. The first-order valence-electron chi connectivity index (χ1n) is 6.36. The van der Waals surface area contributed by atoms with Gasteiger partial charge in [-0.1, -0.05) is 17.7 Å².